The standard InChI is InChI=1S/C67H129NO5/c1-3-5-7-9-11-13-15-17-18-19-20-23-26-29-32-36-39-43-47-51-55-59-65(70)64(63-69)68-66(71)60-56-52-48-44-40-37-33-30-27-24-21-22-25-28-31-34-38-42-46-50-54-58-62-73-67(72)61-57-53-49-45-41-35-16-14-12-10-8-6-4-2/h14,16,24,27,64-65,69-70H,3-13,15,17-23,25-26,28-63H2,1-2H3,(H,68,71)/b16-14-,27-24-. The number of amides is 1. The van der Waals surface area contributed by atoms with Crippen molar-refractivity contribution >= 4 is 11.9 Å². The first-order valence-corrected chi connectivity index (χ1v) is 33.1. The first-order valence-electron chi connectivity index (χ1n) is 33.1. The Bertz CT molecular complexity index is 1140. The summed E-state index contributed by atoms with van der Waals surface area (Å²) in [6.45, 7) is 4.96. The van der Waals surface area contributed by atoms with Crippen molar-refractivity contribution in [3.8, 4) is 0 Å². The molecule has 0 aliphatic carbocycles. The third-order valence-corrected chi connectivity index (χ3v) is 15.5. The van der Waals surface area contributed by atoms with Crippen LogP contribution in [0, 0.1) is 0 Å². The molecule has 1 amide bonds. The number of ether oxygens (including phenoxy) is 1. The van der Waals surface area contributed by atoms with E-state index in [1.54, 1.807) is 0 Å². The van der Waals surface area contributed by atoms with Gasteiger partial charge in [0.2, 0.25) is 5.91 Å². The van der Waals surface area contributed by atoms with E-state index < -0.39 is 12.1 Å². The molecule has 0 rings (SSSR count). The van der Waals surface area contributed by atoms with Crippen molar-refractivity contribution in [2.45, 2.75) is 379 Å². The molecule has 6 heteroatoms. The van der Waals surface area contributed by atoms with Crippen molar-refractivity contribution in [1.82, 2.24) is 5.32 Å². The Hall–Kier alpha value is -1.66. The van der Waals surface area contributed by atoms with Crippen molar-refractivity contribution in [2.75, 3.05) is 13.2 Å². The van der Waals surface area contributed by atoms with E-state index in [-0.39, 0.29) is 18.5 Å². The van der Waals surface area contributed by atoms with Crippen LogP contribution in [0.15, 0.2) is 24.3 Å². The first kappa shape index (κ1) is 71.3. The van der Waals surface area contributed by atoms with E-state index in [4.69, 9.17) is 4.74 Å². The normalized spacial score (nSPS) is 12.7. The van der Waals surface area contributed by atoms with Gasteiger partial charge in [0.25, 0.3) is 0 Å². The number of carbonyl (C=O) groups excluding carboxylic acids is 2. The van der Waals surface area contributed by atoms with Gasteiger partial charge in [0.15, 0.2) is 0 Å². The number of esters is 1. The second-order valence-corrected chi connectivity index (χ2v) is 22.8. The minimum absolute atomic E-state index is 0.00135. The molecule has 0 aliphatic heterocycles. The van der Waals surface area contributed by atoms with Crippen molar-refractivity contribution in [1.29, 1.82) is 0 Å². The van der Waals surface area contributed by atoms with Gasteiger partial charge in [0.05, 0.1) is 25.4 Å². The fourth-order valence-corrected chi connectivity index (χ4v) is 10.4. The molecule has 0 saturated carbocycles. The summed E-state index contributed by atoms with van der Waals surface area (Å²) in [5, 5.41) is 23.4. The van der Waals surface area contributed by atoms with E-state index in [0.29, 0.717) is 25.9 Å². The third-order valence-electron chi connectivity index (χ3n) is 15.5. The summed E-state index contributed by atoms with van der Waals surface area (Å²) in [6, 6.07) is -0.547. The van der Waals surface area contributed by atoms with Gasteiger partial charge in [-0.05, 0) is 77.0 Å². The van der Waals surface area contributed by atoms with Gasteiger partial charge in [-0.25, -0.2) is 0 Å². The Labute approximate surface area is 456 Å². The molecule has 73 heavy (non-hydrogen) atoms. The summed E-state index contributed by atoms with van der Waals surface area (Å²) in [5.74, 6) is -0.0370. The molecule has 432 valence electrons. The quantitative estimate of drug-likeness (QED) is 0.0320. The van der Waals surface area contributed by atoms with Crippen LogP contribution in [0.2, 0.25) is 0 Å². The van der Waals surface area contributed by atoms with E-state index in [9.17, 15) is 19.8 Å². The molecule has 2 atom stereocenters. The van der Waals surface area contributed by atoms with Crippen LogP contribution in [0.1, 0.15) is 367 Å². The molecule has 0 radical (unpaired) electrons. The topological polar surface area (TPSA) is 95.9 Å². The summed E-state index contributed by atoms with van der Waals surface area (Å²) in [5.41, 5.74) is 0. The number of hydrogen-bond donors (Lipinski definition) is 3. The zero-order valence-corrected chi connectivity index (χ0v) is 49.4. The van der Waals surface area contributed by atoms with Crippen LogP contribution >= 0.6 is 0 Å². The second-order valence-electron chi connectivity index (χ2n) is 22.8. The molecule has 3 N–H and O–H groups in total. The maximum absolute atomic E-state index is 12.5. The minimum Gasteiger partial charge on any atom is -0.466 e. The zero-order chi connectivity index (χ0) is 52.9. The Morgan fingerprint density at radius 2 is 0.644 bits per heavy atom. The molecule has 0 spiro atoms. The van der Waals surface area contributed by atoms with Gasteiger partial charge >= 0.3 is 5.97 Å². The Balaban J connectivity index is 3.42. The van der Waals surface area contributed by atoms with Gasteiger partial charge in [0, 0.05) is 12.8 Å². The lowest BCUT2D eigenvalue weighted by Crippen LogP contribution is -2.45. The summed E-state index contributed by atoms with van der Waals surface area (Å²) in [4.78, 5) is 24.6. The Kier molecular flexibility index (Phi) is 61.4. The highest BCUT2D eigenvalue weighted by Crippen LogP contribution is 2.18. The van der Waals surface area contributed by atoms with Crippen molar-refractivity contribution in [3.05, 3.63) is 24.3 Å². The molecule has 0 saturated heterocycles. The van der Waals surface area contributed by atoms with Crippen molar-refractivity contribution in [3.63, 3.8) is 0 Å². The van der Waals surface area contributed by atoms with Gasteiger partial charge in [-0.1, -0.05) is 301 Å². The van der Waals surface area contributed by atoms with E-state index in [1.807, 2.05) is 0 Å². The van der Waals surface area contributed by atoms with E-state index in [0.717, 1.165) is 44.9 Å². The molecule has 0 heterocycles. The zero-order valence-electron chi connectivity index (χ0n) is 49.4. The lowest BCUT2D eigenvalue weighted by Gasteiger charge is -2.22. The summed E-state index contributed by atoms with van der Waals surface area (Å²) < 4.78 is 5.47. The second kappa shape index (κ2) is 62.9. The monoisotopic (exact) mass is 1030 g/mol. The fourth-order valence-electron chi connectivity index (χ4n) is 10.4. The van der Waals surface area contributed by atoms with Crippen LogP contribution in [0.25, 0.3) is 0 Å². The van der Waals surface area contributed by atoms with E-state index in [2.05, 4.69) is 43.5 Å². The summed E-state index contributed by atoms with van der Waals surface area (Å²) in [6.07, 6.45) is 77.7. The summed E-state index contributed by atoms with van der Waals surface area (Å²) >= 11 is 0. The van der Waals surface area contributed by atoms with Crippen molar-refractivity contribution < 1.29 is 24.5 Å². The lowest BCUT2D eigenvalue weighted by molar-refractivity contribution is -0.143. The Morgan fingerprint density at radius 3 is 0.986 bits per heavy atom. The molecule has 0 bridgehead atoms. The highest BCUT2D eigenvalue weighted by molar-refractivity contribution is 5.76. The minimum atomic E-state index is -0.670. The third kappa shape index (κ3) is 59.4. The first-order chi connectivity index (χ1) is 36.0. The number of aliphatic hydroxyl groups is 2. The van der Waals surface area contributed by atoms with Crippen LogP contribution in [0.4, 0.5) is 0 Å². The van der Waals surface area contributed by atoms with Crippen LogP contribution < -0.4 is 5.32 Å². The molecular formula is C67H129NO5. The number of aliphatic hydroxyl groups excluding tert-OH is 2. The number of hydrogen-bond acceptors (Lipinski definition) is 5. The van der Waals surface area contributed by atoms with E-state index in [1.165, 1.54) is 289 Å². The molecule has 0 aromatic carbocycles. The van der Waals surface area contributed by atoms with Crippen LogP contribution in [-0.4, -0.2) is 47.4 Å². The average molecular weight is 1030 g/mol. The van der Waals surface area contributed by atoms with E-state index >= 15 is 0 Å². The highest BCUT2D eigenvalue weighted by Gasteiger charge is 2.20. The van der Waals surface area contributed by atoms with Crippen LogP contribution in [0.3, 0.4) is 0 Å². The van der Waals surface area contributed by atoms with Gasteiger partial charge in [-0.3, -0.25) is 9.59 Å². The van der Waals surface area contributed by atoms with Crippen LogP contribution in [0.5, 0.6) is 0 Å². The number of nitrogens with one attached hydrogen (secondary N) is 1. The smallest absolute Gasteiger partial charge is 0.305 e. The van der Waals surface area contributed by atoms with Gasteiger partial charge in [-0.15, -0.1) is 0 Å². The fraction of sp³-hybridized carbons (Fsp3) is 0.910. The number of carbonyl (C=O) groups is 2. The predicted octanol–water partition coefficient (Wildman–Crippen LogP) is 21.0. The Morgan fingerprint density at radius 1 is 0.370 bits per heavy atom. The number of allylic oxidation sites excluding steroid dienone is 4. The summed E-state index contributed by atoms with van der Waals surface area (Å²) in [7, 11) is 0. The SMILES string of the molecule is CCCCCC/C=C\CCCCCCCC(=O)OCCCCCCCCCCCCC/C=C\CCCCCCCCCC(=O)NC(CO)C(O)CCCCCCCCCCCCCCCCCCCCCCC. The van der Waals surface area contributed by atoms with Crippen molar-refractivity contribution in [2.24, 2.45) is 0 Å². The van der Waals surface area contributed by atoms with Gasteiger partial charge in [-0.2, -0.15) is 0 Å². The van der Waals surface area contributed by atoms with Gasteiger partial charge in [0.1, 0.15) is 0 Å². The lowest BCUT2D eigenvalue weighted by atomic mass is 10.0. The largest absolute Gasteiger partial charge is 0.466 e. The maximum Gasteiger partial charge on any atom is 0.305 e. The molecule has 2 unspecified atom stereocenters. The molecule has 0 aliphatic rings. The molecule has 6 nitrogen and oxygen atoms in total. The molecule has 0 fully saturated rings. The highest BCUT2D eigenvalue weighted by atomic mass is 16.5. The van der Waals surface area contributed by atoms with Gasteiger partial charge < -0.3 is 20.3 Å². The maximum atomic E-state index is 12.5. The molecular weight excluding hydrogens is 899 g/mol. The number of unbranched alkanes of at least 4 members (excludes halogenated alkanes) is 47. The molecule has 0 aromatic heterocycles. The average Bonchev–Trinajstić information content (AvgIpc) is 3.39. The predicted molar refractivity (Wildman–Crippen MR) is 320 cm³/mol. The molecule has 0 aromatic rings. The number of rotatable bonds is 62. The van der Waals surface area contributed by atoms with Crippen LogP contribution in [-0.2, 0) is 14.3 Å².